The van der Waals surface area contributed by atoms with Crippen molar-refractivity contribution in [3.8, 4) is 0 Å². The highest BCUT2D eigenvalue weighted by molar-refractivity contribution is 8.03. The number of nitrogens with one attached hydrogen (secondary N) is 1. The Hall–Kier alpha value is -1.66. The van der Waals surface area contributed by atoms with Crippen molar-refractivity contribution in [1.29, 1.82) is 0 Å². The number of thiophene rings is 1. The first-order valence-electron chi connectivity index (χ1n) is 8.25. The van der Waals surface area contributed by atoms with E-state index in [1.807, 2.05) is 6.08 Å². The van der Waals surface area contributed by atoms with Crippen LogP contribution in [0.2, 0.25) is 0 Å². The molecule has 2 heterocycles. The largest absolute Gasteiger partial charge is 0.319 e. The third-order valence-electron chi connectivity index (χ3n) is 4.69. The summed E-state index contributed by atoms with van der Waals surface area (Å²) in [6.45, 7) is 2.28. The molecule has 1 aromatic carbocycles. The van der Waals surface area contributed by atoms with Crippen molar-refractivity contribution in [3.63, 3.8) is 0 Å². The molecule has 0 spiro atoms. The van der Waals surface area contributed by atoms with E-state index in [0.717, 1.165) is 35.6 Å². The van der Waals surface area contributed by atoms with Crippen molar-refractivity contribution in [2.24, 2.45) is 5.92 Å². The van der Waals surface area contributed by atoms with Crippen LogP contribution in [0.4, 0.5) is 14.5 Å². The SMILES string of the molecule is C[C@H]1CCc2c(sc3c2CSC(C(=O)Nc2ccc(F)cc2F)=C3)C1. The second kappa shape index (κ2) is 6.57. The third kappa shape index (κ3) is 3.25. The zero-order valence-electron chi connectivity index (χ0n) is 13.7. The van der Waals surface area contributed by atoms with E-state index in [9.17, 15) is 13.6 Å². The van der Waals surface area contributed by atoms with Gasteiger partial charge in [0.15, 0.2) is 0 Å². The van der Waals surface area contributed by atoms with E-state index in [0.29, 0.717) is 10.8 Å². The summed E-state index contributed by atoms with van der Waals surface area (Å²) in [4.78, 5) is 15.6. The Balaban J connectivity index is 1.58. The minimum atomic E-state index is -0.768. The number of rotatable bonds is 2. The normalized spacial score (nSPS) is 19.0. The lowest BCUT2D eigenvalue weighted by atomic mass is 9.88. The molecule has 1 aliphatic carbocycles. The molecule has 1 aromatic heterocycles. The van der Waals surface area contributed by atoms with Gasteiger partial charge >= 0.3 is 0 Å². The fourth-order valence-electron chi connectivity index (χ4n) is 3.33. The highest BCUT2D eigenvalue weighted by Gasteiger charge is 2.27. The number of halogens is 2. The van der Waals surface area contributed by atoms with Crippen LogP contribution in [0.15, 0.2) is 23.1 Å². The molecule has 0 fully saturated rings. The first kappa shape index (κ1) is 16.8. The first-order valence-corrected chi connectivity index (χ1v) is 10.1. The summed E-state index contributed by atoms with van der Waals surface area (Å²) in [6, 6.07) is 3.14. The van der Waals surface area contributed by atoms with E-state index in [-0.39, 0.29) is 11.6 Å². The summed E-state index contributed by atoms with van der Waals surface area (Å²) >= 11 is 3.26. The van der Waals surface area contributed by atoms with Gasteiger partial charge in [-0.2, -0.15) is 0 Å². The quantitative estimate of drug-likeness (QED) is 0.761. The van der Waals surface area contributed by atoms with Crippen molar-refractivity contribution in [1.82, 2.24) is 0 Å². The van der Waals surface area contributed by atoms with Gasteiger partial charge < -0.3 is 5.32 Å². The molecular weight excluding hydrogens is 360 g/mol. The average molecular weight is 377 g/mol. The van der Waals surface area contributed by atoms with Crippen LogP contribution in [0, 0.1) is 17.6 Å². The summed E-state index contributed by atoms with van der Waals surface area (Å²) in [5.74, 6) is -0.282. The van der Waals surface area contributed by atoms with Gasteiger partial charge in [0, 0.05) is 21.6 Å². The predicted molar refractivity (Wildman–Crippen MR) is 99.8 cm³/mol. The van der Waals surface area contributed by atoms with Crippen LogP contribution in [-0.4, -0.2) is 5.91 Å². The van der Waals surface area contributed by atoms with Crippen LogP contribution >= 0.6 is 23.1 Å². The van der Waals surface area contributed by atoms with E-state index in [2.05, 4.69) is 12.2 Å². The number of hydrogen-bond acceptors (Lipinski definition) is 3. The maximum absolute atomic E-state index is 13.7. The molecule has 0 radical (unpaired) electrons. The fourth-order valence-corrected chi connectivity index (χ4v) is 5.98. The van der Waals surface area contributed by atoms with Crippen molar-refractivity contribution < 1.29 is 13.6 Å². The molecule has 1 atom stereocenters. The van der Waals surface area contributed by atoms with Crippen molar-refractivity contribution >= 4 is 40.8 Å². The van der Waals surface area contributed by atoms with Gasteiger partial charge in [-0.25, -0.2) is 8.78 Å². The van der Waals surface area contributed by atoms with Crippen LogP contribution in [0.5, 0.6) is 0 Å². The molecule has 1 aliphatic heterocycles. The summed E-state index contributed by atoms with van der Waals surface area (Å²) in [6.07, 6.45) is 5.38. The molecule has 6 heteroatoms. The molecule has 2 aliphatic rings. The number of amides is 1. The monoisotopic (exact) mass is 377 g/mol. The van der Waals surface area contributed by atoms with E-state index in [1.165, 1.54) is 40.3 Å². The zero-order chi connectivity index (χ0) is 17.6. The van der Waals surface area contributed by atoms with E-state index in [1.54, 1.807) is 11.3 Å². The van der Waals surface area contributed by atoms with Gasteiger partial charge in [-0.3, -0.25) is 4.79 Å². The number of carbonyl (C=O) groups excluding carboxylic acids is 1. The van der Waals surface area contributed by atoms with Crippen LogP contribution in [0.3, 0.4) is 0 Å². The fraction of sp³-hybridized carbons (Fsp3) is 0.316. The summed E-state index contributed by atoms with van der Waals surface area (Å²) in [5.41, 5.74) is 2.84. The zero-order valence-corrected chi connectivity index (χ0v) is 15.3. The Kier molecular flexibility index (Phi) is 4.41. The van der Waals surface area contributed by atoms with Crippen LogP contribution in [-0.2, 0) is 23.4 Å². The Labute approximate surface area is 153 Å². The van der Waals surface area contributed by atoms with Crippen LogP contribution in [0.25, 0.3) is 6.08 Å². The van der Waals surface area contributed by atoms with Crippen molar-refractivity contribution in [2.45, 2.75) is 31.9 Å². The topological polar surface area (TPSA) is 29.1 Å². The number of benzene rings is 1. The number of fused-ring (bicyclic) bond motifs is 3. The Morgan fingerprint density at radius 3 is 2.92 bits per heavy atom. The van der Waals surface area contributed by atoms with Crippen molar-refractivity contribution in [3.05, 3.63) is 55.6 Å². The van der Waals surface area contributed by atoms with Gasteiger partial charge in [0.05, 0.1) is 10.6 Å². The molecule has 1 N–H and O–H groups in total. The summed E-state index contributed by atoms with van der Waals surface area (Å²) in [5, 5.41) is 2.54. The molecule has 0 bridgehead atoms. The molecule has 4 rings (SSSR count). The second-order valence-electron chi connectivity index (χ2n) is 6.57. The van der Waals surface area contributed by atoms with E-state index in [4.69, 9.17) is 0 Å². The smallest absolute Gasteiger partial charge is 0.262 e. The summed E-state index contributed by atoms with van der Waals surface area (Å²) < 4.78 is 26.7. The lowest BCUT2D eigenvalue weighted by Crippen LogP contribution is -2.15. The second-order valence-corrected chi connectivity index (χ2v) is 8.72. The Morgan fingerprint density at radius 2 is 2.12 bits per heavy atom. The Morgan fingerprint density at radius 1 is 1.28 bits per heavy atom. The number of carbonyl (C=O) groups is 1. The number of hydrogen-bond donors (Lipinski definition) is 1. The van der Waals surface area contributed by atoms with Gasteiger partial charge in [0.1, 0.15) is 11.6 Å². The van der Waals surface area contributed by atoms with Gasteiger partial charge in [-0.15, -0.1) is 23.1 Å². The highest BCUT2D eigenvalue weighted by Crippen LogP contribution is 2.43. The Bertz CT molecular complexity index is 888. The standard InChI is InChI=1S/C19H17F2NOS2/c1-10-2-4-12-13-9-24-18(8-17(13)25-16(12)6-10)19(23)22-15-5-3-11(20)7-14(15)21/h3,5,7-8,10H,2,4,6,9H2,1H3,(H,22,23)/t10-/m0/s1. The van der Waals surface area contributed by atoms with Crippen LogP contribution in [0.1, 0.15) is 34.2 Å². The third-order valence-corrected chi connectivity index (χ3v) is 6.98. The predicted octanol–water partition coefficient (Wildman–Crippen LogP) is 5.38. The molecule has 130 valence electrons. The lowest BCUT2D eigenvalue weighted by Gasteiger charge is -2.20. The van der Waals surface area contributed by atoms with Gasteiger partial charge in [-0.1, -0.05) is 6.92 Å². The van der Waals surface area contributed by atoms with Gasteiger partial charge in [-0.05, 0) is 54.5 Å². The number of thioether (sulfide) groups is 1. The van der Waals surface area contributed by atoms with Crippen LogP contribution < -0.4 is 5.32 Å². The molecule has 0 saturated heterocycles. The molecule has 2 nitrogen and oxygen atoms in total. The van der Waals surface area contributed by atoms with Gasteiger partial charge in [0.2, 0.25) is 0 Å². The van der Waals surface area contributed by atoms with Crippen molar-refractivity contribution in [2.75, 3.05) is 5.32 Å². The minimum Gasteiger partial charge on any atom is -0.319 e. The summed E-state index contributed by atoms with van der Waals surface area (Å²) in [7, 11) is 0. The van der Waals surface area contributed by atoms with E-state index < -0.39 is 11.6 Å². The average Bonchev–Trinajstić information content (AvgIpc) is 2.93. The van der Waals surface area contributed by atoms with E-state index >= 15 is 0 Å². The molecule has 0 unspecified atom stereocenters. The molecule has 1 amide bonds. The maximum Gasteiger partial charge on any atom is 0.262 e. The molecule has 2 aromatic rings. The molecule has 0 saturated carbocycles. The molecular formula is C19H17F2NOS2. The number of anilines is 1. The molecule has 25 heavy (non-hydrogen) atoms. The first-order chi connectivity index (χ1) is 12.0. The highest BCUT2D eigenvalue weighted by atomic mass is 32.2. The lowest BCUT2D eigenvalue weighted by molar-refractivity contribution is -0.112. The maximum atomic E-state index is 13.7. The van der Waals surface area contributed by atoms with Gasteiger partial charge in [0.25, 0.3) is 5.91 Å². The minimum absolute atomic E-state index is 0.00186.